The van der Waals surface area contributed by atoms with Crippen LogP contribution in [0.4, 0.5) is 0 Å². The number of hydrogen-bond donors (Lipinski definition) is 0. The largest absolute Gasteiger partial charge is 0.341 e. The maximum Gasteiger partial charge on any atom is 0.252 e. The summed E-state index contributed by atoms with van der Waals surface area (Å²) in [5.41, 5.74) is 0.742. The van der Waals surface area contributed by atoms with Gasteiger partial charge >= 0.3 is 0 Å². The van der Waals surface area contributed by atoms with Crippen molar-refractivity contribution in [3.05, 3.63) is 15.4 Å². The highest BCUT2D eigenvalue weighted by atomic mass is 79.9. The first-order valence-corrected chi connectivity index (χ1v) is 9.37. The summed E-state index contributed by atoms with van der Waals surface area (Å²) in [5.74, 6) is 0.117. The van der Waals surface area contributed by atoms with Gasteiger partial charge in [-0.2, -0.15) is 4.31 Å². The molecule has 0 saturated carbocycles. The molecule has 5 nitrogen and oxygen atoms in total. The summed E-state index contributed by atoms with van der Waals surface area (Å²) < 4.78 is 27.4. The van der Waals surface area contributed by atoms with Gasteiger partial charge in [0, 0.05) is 33.1 Å². The number of rotatable bonds is 5. The maximum absolute atomic E-state index is 12.5. The van der Waals surface area contributed by atoms with E-state index < -0.39 is 10.0 Å². The van der Waals surface area contributed by atoms with Gasteiger partial charge in [0.1, 0.15) is 4.21 Å². The summed E-state index contributed by atoms with van der Waals surface area (Å²) in [7, 11) is -1.92. The van der Waals surface area contributed by atoms with Crippen LogP contribution >= 0.6 is 27.3 Å². The standard InChI is InChI=1S/C12H17BrN2O3S2/c1-9-8-10(13)19-12(9)20(17,18)14(2)6-7-15-5-3-4-11(15)16/h8H,3-7H2,1-2H3. The van der Waals surface area contributed by atoms with Crippen LogP contribution in [0.1, 0.15) is 18.4 Å². The van der Waals surface area contributed by atoms with Crippen LogP contribution in [0.25, 0.3) is 0 Å². The number of carbonyl (C=O) groups is 1. The highest BCUT2D eigenvalue weighted by Crippen LogP contribution is 2.32. The fourth-order valence-electron chi connectivity index (χ4n) is 2.15. The molecule has 2 heterocycles. The lowest BCUT2D eigenvalue weighted by molar-refractivity contribution is -0.127. The topological polar surface area (TPSA) is 57.7 Å². The van der Waals surface area contributed by atoms with E-state index in [1.807, 2.05) is 0 Å². The molecule has 1 amide bonds. The first-order valence-electron chi connectivity index (χ1n) is 6.32. The molecule has 0 radical (unpaired) electrons. The van der Waals surface area contributed by atoms with Gasteiger partial charge in [-0.05, 0) is 40.9 Å². The van der Waals surface area contributed by atoms with Crippen molar-refractivity contribution < 1.29 is 13.2 Å². The molecule has 1 aromatic rings. The highest BCUT2D eigenvalue weighted by molar-refractivity contribution is 9.11. The number of halogens is 1. The minimum absolute atomic E-state index is 0.117. The van der Waals surface area contributed by atoms with Crippen LogP contribution in [-0.4, -0.2) is 50.2 Å². The Kier molecular flexibility index (Phi) is 4.88. The van der Waals surface area contributed by atoms with Crippen LogP contribution in [0.3, 0.4) is 0 Å². The number of hydrogen-bond acceptors (Lipinski definition) is 4. The second kappa shape index (κ2) is 6.13. The van der Waals surface area contributed by atoms with Crippen molar-refractivity contribution in [2.75, 3.05) is 26.7 Å². The van der Waals surface area contributed by atoms with Crippen LogP contribution in [0, 0.1) is 6.92 Å². The summed E-state index contributed by atoms with van der Waals surface area (Å²) in [6.45, 7) is 3.30. The van der Waals surface area contributed by atoms with Crippen LogP contribution in [0.5, 0.6) is 0 Å². The zero-order valence-electron chi connectivity index (χ0n) is 11.4. The lowest BCUT2D eigenvalue weighted by Crippen LogP contribution is -2.36. The van der Waals surface area contributed by atoms with Crippen molar-refractivity contribution in [3.8, 4) is 0 Å². The smallest absolute Gasteiger partial charge is 0.252 e. The summed E-state index contributed by atoms with van der Waals surface area (Å²) in [6.07, 6.45) is 1.44. The molecule has 0 aromatic carbocycles. The molecule has 8 heteroatoms. The Labute approximate surface area is 131 Å². The normalized spacial score (nSPS) is 16.4. The Hall–Kier alpha value is -0.440. The van der Waals surface area contributed by atoms with E-state index in [1.165, 1.54) is 15.6 Å². The summed E-state index contributed by atoms with van der Waals surface area (Å²) in [4.78, 5) is 13.2. The van der Waals surface area contributed by atoms with Gasteiger partial charge in [0.2, 0.25) is 5.91 Å². The Morgan fingerprint density at radius 3 is 2.70 bits per heavy atom. The number of nitrogens with zero attached hydrogens (tertiary/aromatic N) is 2. The van der Waals surface area contributed by atoms with Crippen molar-refractivity contribution >= 4 is 43.2 Å². The Bertz CT molecular complexity index is 612. The molecule has 1 aliphatic rings. The molecule has 0 spiro atoms. The monoisotopic (exact) mass is 380 g/mol. The van der Waals surface area contributed by atoms with Gasteiger partial charge in [0.15, 0.2) is 0 Å². The van der Waals surface area contributed by atoms with Gasteiger partial charge < -0.3 is 4.90 Å². The molecule has 1 aliphatic heterocycles. The lowest BCUT2D eigenvalue weighted by Gasteiger charge is -2.21. The fourth-order valence-corrected chi connectivity index (χ4v) is 6.07. The van der Waals surface area contributed by atoms with Gasteiger partial charge in [0.05, 0.1) is 3.79 Å². The second-order valence-electron chi connectivity index (χ2n) is 4.83. The number of amides is 1. The molecular weight excluding hydrogens is 364 g/mol. The molecule has 0 aliphatic carbocycles. The van der Waals surface area contributed by atoms with E-state index in [2.05, 4.69) is 15.9 Å². The quantitative estimate of drug-likeness (QED) is 0.785. The maximum atomic E-state index is 12.5. The Morgan fingerprint density at radius 2 is 2.20 bits per heavy atom. The van der Waals surface area contributed by atoms with Crippen LogP contribution in [0.15, 0.2) is 14.1 Å². The van der Waals surface area contributed by atoms with Gasteiger partial charge in [-0.15, -0.1) is 11.3 Å². The average molecular weight is 381 g/mol. The first kappa shape index (κ1) is 15.9. The summed E-state index contributed by atoms with van der Waals surface area (Å²) in [5, 5.41) is 0. The van der Waals surface area contributed by atoms with Gasteiger partial charge in [-0.1, -0.05) is 0 Å². The molecule has 1 aromatic heterocycles. The lowest BCUT2D eigenvalue weighted by atomic mass is 10.4. The minimum atomic E-state index is -3.47. The number of thiophene rings is 1. The van der Waals surface area contributed by atoms with Crippen molar-refractivity contribution in [2.45, 2.75) is 24.0 Å². The zero-order valence-corrected chi connectivity index (χ0v) is 14.6. The van der Waals surface area contributed by atoms with Crippen LogP contribution in [0.2, 0.25) is 0 Å². The van der Waals surface area contributed by atoms with Gasteiger partial charge in [0.25, 0.3) is 10.0 Å². The van der Waals surface area contributed by atoms with E-state index in [0.29, 0.717) is 23.7 Å². The molecule has 0 unspecified atom stereocenters. The van der Waals surface area contributed by atoms with Crippen molar-refractivity contribution in [3.63, 3.8) is 0 Å². The van der Waals surface area contributed by atoms with E-state index in [0.717, 1.165) is 22.3 Å². The molecule has 0 bridgehead atoms. The molecule has 112 valence electrons. The number of likely N-dealkylation sites (tertiary alicyclic amines) is 1. The molecule has 2 rings (SSSR count). The molecule has 0 N–H and O–H groups in total. The zero-order chi connectivity index (χ0) is 14.9. The predicted octanol–water partition coefficient (Wildman–Crippen LogP) is 2.06. The van der Waals surface area contributed by atoms with E-state index in [4.69, 9.17) is 0 Å². The summed E-state index contributed by atoms with van der Waals surface area (Å²) in [6, 6.07) is 1.80. The number of sulfonamides is 1. The second-order valence-corrected chi connectivity index (χ2v) is 9.50. The van der Waals surface area contributed by atoms with E-state index in [1.54, 1.807) is 24.9 Å². The minimum Gasteiger partial charge on any atom is -0.341 e. The third kappa shape index (κ3) is 3.24. The Morgan fingerprint density at radius 1 is 1.50 bits per heavy atom. The van der Waals surface area contributed by atoms with Crippen molar-refractivity contribution in [1.29, 1.82) is 0 Å². The van der Waals surface area contributed by atoms with E-state index in [-0.39, 0.29) is 5.91 Å². The average Bonchev–Trinajstić information content (AvgIpc) is 2.92. The first-order chi connectivity index (χ1) is 9.32. The molecule has 0 atom stereocenters. The third-order valence-electron chi connectivity index (χ3n) is 3.34. The molecule has 20 heavy (non-hydrogen) atoms. The van der Waals surface area contributed by atoms with Crippen LogP contribution < -0.4 is 0 Å². The SMILES string of the molecule is Cc1cc(Br)sc1S(=O)(=O)N(C)CCN1CCCC1=O. The number of likely N-dealkylation sites (N-methyl/N-ethyl adjacent to an activating group) is 1. The van der Waals surface area contributed by atoms with E-state index in [9.17, 15) is 13.2 Å². The Balaban J connectivity index is 2.06. The predicted molar refractivity (Wildman–Crippen MR) is 82.4 cm³/mol. The number of aryl methyl sites for hydroxylation is 1. The van der Waals surface area contributed by atoms with Gasteiger partial charge in [-0.25, -0.2) is 8.42 Å². The molecular formula is C12H17BrN2O3S2. The molecule has 1 saturated heterocycles. The van der Waals surface area contributed by atoms with Crippen molar-refractivity contribution in [2.24, 2.45) is 0 Å². The van der Waals surface area contributed by atoms with E-state index >= 15 is 0 Å². The van der Waals surface area contributed by atoms with Gasteiger partial charge in [-0.3, -0.25) is 4.79 Å². The molecule has 1 fully saturated rings. The summed E-state index contributed by atoms with van der Waals surface area (Å²) >= 11 is 4.52. The van der Waals surface area contributed by atoms with Crippen LogP contribution in [-0.2, 0) is 14.8 Å². The number of carbonyl (C=O) groups excluding carboxylic acids is 1. The van der Waals surface area contributed by atoms with Crippen molar-refractivity contribution in [1.82, 2.24) is 9.21 Å². The third-order valence-corrected chi connectivity index (χ3v) is 7.55. The highest BCUT2D eigenvalue weighted by Gasteiger charge is 2.27. The fraction of sp³-hybridized carbons (Fsp3) is 0.583.